The van der Waals surface area contributed by atoms with E-state index in [2.05, 4.69) is 27.1 Å². The molecule has 0 amide bonds. The van der Waals surface area contributed by atoms with Gasteiger partial charge in [0.05, 0.1) is 55.8 Å². The fourth-order valence-electron chi connectivity index (χ4n) is 5.98. The number of likely N-dealkylation sites (tertiary alicyclic amines) is 1. The number of halogens is 2. The second kappa shape index (κ2) is 15.4. The van der Waals surface area contributed by atoms with Crippen molar-refractivity contribution in [3.8, 4) is 22.8 Å². The quantitative estimate of drug-likeness (QED) is 0.146. The lowest BCUT2D eigenvalue weighted by molar-refractivity contribution is -0.115. The van der Waals surface area contributed by atoms with E-state index in [4.69, 9.17) is 47.4 Å². The third-order valence-corrected chi connectivity index (χ3v) is 9.22. The molecule has 242 valence electrons. The van der Waals surface area contributed by atoms with Crippen LogP contribution >= 0.6 is 23.2 Å². The van der Waals surface area contributed by atoms with Gasteiger partial charge in [0.25, 0.3) is 0 Å². The number of hydrogen-bond donors (Lipinski definition) is 3. The van der Waals surface area contributed by atoms with E-state index < -0.39 is 0 Å². The highest BCUT2D eigenvalue weighted by atomic mass is 35.5. The second-order valence-corrected chi connectivity index (χ2v) is 12.1. The van der Waals surface area contributed by atoms with Gasteiger partial charge in [0.1, 0.15) is 17.0 Å². The minimum Gasteiger partial charge on any atom is -0.495 e. The van der Waals surface area contributed by atoms with Gasteiger partial charge in [-0.25, -0.2) is 15.0 Å². The molecule has 2 aliphatic rings. The summed E-state index contributed by atoms with van der Waals surface area (Å²) < 4.78 is 16.6. The molecule has 0 saturated carbocycles. The van der Waals surface area contributed by atoms with Crippen LogP contribution in [0.15, 0.2) is 31.0 Å². The lowest BCUT2D eigenvalue weighted by Crippen LogP contribution is -2.33. The summed E-state index contributed by atoms with van der Waals surface area (Å²) in [5.74, 6) is 1.74. The van der Waals surface area contributed by atoms with Gasteiger partial charge in [-0.2, -0.15) is 0 Å². The highest BCUT2D eigenvalue weighted by Gasteiger charge is 2.30. The number of anilines is 2. The van der Waals surface area contributed by atoms with Gasteiger partial charge in [-0.15, -0.1) is 0 Å². The summed E-state index contributed by atoms with van der Waals surface area (Å²) in [4.78, 5) is 28.8. The van der Waals surface area contributed by atoms with Gasteiger partial charge in [-0.3, -0.25) is 9.69 Å². The van der Waals surface area contributed by atoms with Crippen molar-refractivity contribution in [2.24, 2.45) is 5.92 Å². The number of aliphatic hydroxyl groups excluding tert-OH is 1. The predicted molar refractivity (Wildman–Crippen MR) is 177 cm³/mol. The molecule has 2 fully saturated rings. The predicted octanol–water partition coefficient (Wildman–Crippen LogP) is 5.24. The summed E-state index contributed by atoms with van der Waals surface area (Å²) in [6.45, 7) is 7.33. The summed E-state index contributed by atoms with van der Waals surface area (Å²) in [5, 5.41) is 17.8. The first-order valence-corrected chi connectivity index (χ1v) is 16.0. The van der Waals surface area contributed by atoms with E-state index in [-0.39, 0.29) is 30.4 Å². The molecule has 2 aromatic heterocycles. The highest BCUT2D eigenvalue weighted by molar-refractivity contribution is 6.41. The number of carbonyl (C=O) groups excluding carboxylic acids is 1. The number of fused-ring (bicyclic) bond motifs is 1. The number of aliphatic hydroxyl groups is 1. The van der Waals surface area contributed by atoms with E-state index in [9.17, 15) is 9.90 Å². The van der Waals surface area contributed by atoms with Gasteiger partial charge in [-0.1, -0.05) is 29.8 Å². The molecule has 0 aliphatic carbocycles. The van der Waals surface area contributed by atoms with Gasteiger partial charge in [-0.05, 0) is 50.9 Å². The van der Waals surface area contributed by atoms with E-state index in [0.717, 1.165) is 44.2 Å². The van der Waals surface area contributed by atoms with Gasteiger partial charge in [0, 0.05) is 48.1 Å². The van der Waals surface area contributed by atoms with E-state index in [0.29, 0.717) is 76.3 Å². The molecule has 3 N–H and O–H groups in total. The van der Waals surface area contributed by atoms with Crippen LogP contribution in [0.3, 0.4) is 0 Å². The number of unbranched alkanes of at least 4 members (excludes halogenated alkanes) is 1. The fraction of sp³-hybridized carbons (Fsp3) is 0.500. The van der Waals surface area contributed by atoms with Crippen molar-refractivity contribution >= 4 is 51.7 Å². The molecule has 2 saturated heterocycles. The van der Waals surface area contributed by atoms with Crippen molar-refractivity contribution in [1.29, 1.82) is 0 Å². The van der Waals surface area contributed by atoms with Crippen LogP contribution in [-0.4, -0.2) is 96.5 Å². The second-order valence-electron chi connectivity index (χ2n) is 11.3. The van der Waals surface area contributed by atoms with E-state index in [1.165, 1.54) is 20.3 Å². The zero-order chi connectivity index (χ0) is 31.9. The lowest BCUT2D eigenvalue weighted by atomic mass is 9.97. The maximum absolute atomic E-state index is 12.0. The molecular weight excluding hydrogens is 619 g/mol. The Labute approximate surface area is 273 Å². The smallest absolute Gasteiger partial charge is 0.223 e. The molecule has 3 aromatic rings. The zero-order valence-electron chi connectivity index (χ0n) is 25.7. The Hall–Kier alpha value is -3.22. The van der Waals surface area contributed by atoms with Crippen molar-refractivity contribution in [2.75, 3.05) is 64.3 Å². The van der Waals surface area contributed by atoms with Crippen molar-refractivity contribution in [3.63, 3.8) is 0 Å². The lowest BCUT2D eigenvalue weighted by Gasteiger charge is -2.22. The van der Waals surface area contributed by atoms with Crippen LogP contribution in [0.2, 0.25) is 10.0 Å². The van der Waals surface area contributed by atoms with Crippen LogP contribution in [-0.2, 0) is 9.53 Å². The Bertz CT molecular complexity index is 1500. The largest absolute Gasteiger partial charge is 0.495 e. The molecule has 1 unspecified atom stereocenters. The van der Waals surface area contributed by atoms with Gasteiger partial charge in [0.15, 0.2) is 11.6 Å². The number of aromatic nitrogens is 3. The number of benzene rings is 1. The number of nitrogens with zero attached hydrogens (tertiary/aromatic N) is 4. The van der Waals surface area contributed by atoms with Crippen LogP contribution in [0.5, 0.6) is 11.5 Å². The average molecular weight is 660 g/mol. The number of allylic oxidation sites excluding steroid dienone is 1. The van der Waals surface area contributed by atoms with Crippen LogP contribution in [0.25, 0.3) is 22.2 Å². The topological polar surface area (TPSA) is 131 Å². The fourth-order valence-corrected chi connectivity index (χ4v) is 6.68. The Balaban J connectivity index is 1.44. The number of hydrogen-bond acceptors (Lipinski definition) is 11. The Morgan fingerprint density at radius 3 is 2.67 bits per heavy atom. The minimum absolute atomic E-state index is 0.0127. The Kier molecular flexibility index (Phi) is 11.3. The van der Waals surface area contributed by atoms with E-state index in [1.807, 2.05) is 6.07 Å². The third-order valence-electron chi connectivity index (χ3n) is 8.47. The first-order valence-electron chi connectivity index (χ1n) is 15.2. The van der Waals surface area contributed by atoms with Crippen molar-refractivity contribution in [2.45, 2.75) is 44.2 Å². The average Bonchev–Trinajstić information content (AvgIpc) is 3.69. The Morgan fingerprint density at radius 2 is 1.96 bits per heavy atom. The highest BCUT2D eigenvalue weighted by Crippen LogP contribution is 2.46. The summed E-state index contributed by atoms with van der Waals surface area (Å²) in [7, 11) is 3.05. The summed E-state index contributed by atoms with van der Waals surface area (Å²) in [6, 6.07) is 3.62. The normalized spacial score (nSPS) is 20.0. The molecule has 1 aromatic carbocycles. The van der Waals surface area contributed by atoms with Crippen LogP contribution in [0.4, 0.5) is 11.8 Å². The molecule has 45 heavy (non-hydrogen) atoms. The van der Waals surface area contributed by atoms with Crippen LogP contribution in [0, 0.1) is 5.92 Å². The van der Waals surface area contributed by atoms with Crippen molar-refractivity contribution in [1.82, 2.24) is 19.9 Å². The van der Waals surface area contributed by atoms with Crippen LogP contribution < -0.4 is 20.1 Å². The molecule has 0 spiro atoms. The maximum Gasteiger partial charge on any atom is 0.223 e. The van der Waals surface area contributed by atoms with Gasteiger partial charge in [0.2, 0.25) is 5.95 Å². The van der Waals surface area contributed by atoms with Crippen LogP contribution in [0.1, 0.15) is 32.1 Å². The minimum atomic E-state index is -0.120. The maximum atomic E-state index is 12.0. The molecule has 13 heteroatoms. The molecule has 2 aliphatic heterocycles. The first kappa shape index (κ1) is 33.2. The van der Waals surface area contributed by atoms with E-state index >= 15 is 0 Å². The van der Waals surface area contributed by atoms with Crippen molar-refractivity contribution < 1.29 is 24.1 Å². The molecule has 0 radical (unpaired) electrons. The number of nitrogens with one attached hydrogen (secondary N) is 2. The number of pyridine rings is 1. The first-order chi connectivity index (χ1) is 21.9. The number of carbonyl (C=O) groups is 1. The van der Waals surface area contributed by atoms with Crippen molar-refractivity contribution in [3.05, 3.63) is 41.0 Å². The zero-order valence-corrected chi connectivity index (χ0v) is 27.2. The summed E-state index contributed by atoms with van der Waals surface area (Å²) >= 11 is 13.5. The molecule has 4 heterocycles. The molecular formula is C32H40Cl2N6O5. The summed E-state index contributed by atoms with van der Waals surface area (Å²) in [5.41, 5.74) is 1.61. The van der Waals surface area contributed by atoms with Gasteiger partial charge >= 0.3 is 0 Å². The molecule has 5 rings (SSSR count). The number of ketones is 1. The molecule has 3 atom stereocenters. The Morgan fingerprint density at radius 1 is 1.18 bits per heavy atom. The van der Waals surface area contributed by atoms with E-state index in [1.54, 1.807) is 12.3 Å². The monoisotopic (exact) mass is 658 g/mol. The molecule has 0 bridgehead atoms. The SMILES string of the molecule is C=CC(=O)C[C@H]1COC[C@H]1Nc1ncc2cc(-c3c(Cl)c(OC)cc(OC)c3Cl)nc(NCCCCN3CCCC3CO)c2n1. The summed E-state index contributed by atoms with van der Waals surface area (Å²) in [6.07, 6.45) is 7.45. The molecule has 11 nitrogen and oxygen atoms in total. The number of ether oxygens (including phenoxy) is 3. The third kappa shape index (κ3) is 7.61. The van der Waals surface area contributed by atoms with Gasteiger partial charge < -0.3 is 30.0 Å². The number of methoxy groups -OCH3 is 2. The standard InChI is InChI=1S/C32H40Cl2N6O5/c1-4-22(42)12-20-17-45-18-24(20)38-32-36-15-19-13-23(27-28(33)25(43-2)14-26(44-3)29(27)34)37-31(30(19)39-32)35-9-5-6-10-40-11-7-8-21(40)16-41/h4,13-15,20-21,24,41H,1,5-12,16-18H2,2-3H3,(H,35,37)(H,36,38,39)/t20-,21?,24+/m0/s1. The number of rotatable bonds is 15.